The van der Waals surface area contributed by atoms with E-state index in [2.05, 4.69) is 20.8 Å². The van der Waals surface area contributed by atoms with E-state index in [-0.39, 0.29) is 16.7 Å². The lowest BCUT2D eigenvalue weighted by molar-refractivity contribution is -0.138. The van der Waals surface area contributed by atoms with Crippen molar-refractivity contribution in [2.75, 3.05) is 0 Å². The van der Waals surface area contributed by atoms with Gasteiger partial charge in [-0.25, -0.2) is 4.79 Å². The summed E-state index contributed by atoms with van der Waals surface area (Å²) >= 11 is 0. The van der Waals surface area contributed by atoms with Gasteiger partial charge in [-0.05, 0) is 67.1 Å². The van der Waals surface area contributed by atoms with Gasteiger partial charge in [0.1, 0.15) is 0 Å². The zero-order valence-corrected chi connectivity index (χ0v) is 14.8. The van der Waals surface area contributed by atoms with Gasteiger partial charge in [0.05, 0.1) is 18.6 Å². The van der Waals surface area contributed by atoms with Gasteiger partial charge in [-0.3, -0.25) is 0 Å². The number of aliphatic hydroxyl groups excluding tert-OH is 1. The van der Waals surface area contributed by atoms with E-state index in [1.807, 2.05) is 6.07 Å². The van der Waals surface area contributed by atoms with E-state index in [0.717, 1.165) is 25.7 Å². The summed E-state index contributed by atoms with van der Waals surface area (Å²) in [4.78, 5) is 11.8. The molecular formula is C20H28O4. The third-order valence-electron chi connectivity index (χ3n) is 7.00. The van der Waals surface area contributed by atoms with E-state index in [4.69, 9.17) is 4.42 Å². The summed E-state index contributed by atoms with van der Waals surface area (Å²) in [6, 6.07) is 1.99. The predicted octanol–water partition coefficient (Wildman–Crippen LogP) is 4.05. The van der Waals surface area contributed by atoms with Gasteiger partial charge in [0, 0.05) is 11.0 Å². The van der Waals surface area contributed by atoms with Crippen LogP contribution in [0, 0.1) is 22.7 Å². The molecule has 0 spiro atoms. The largest absolute Gasteiger partial charge is 0.478 e. The monoisotopic (exact) mass is 332 g/mol. The van der Waals surface area contributed by atoms with Crippen LogP contribution in [0.3, 0.4) is 0 Å². The molecule has 1 saturated carbocycles. The summed E-state index contributed by atoms with van der Waals surface area (Å²) in [6.45, 7) is 6.66. The van der Waals surface area contributed by atoms with Crippen LogP contribution >= 0.6 is 0 Å². The van der Waals surface area contributed by atoms with E-state index >= 15 is 0 Å². The second-order valence-electron chi connectivity index (χ2n) is 8.24. The maximum Gasteiger partial charge on any atom is 0.331 e. The van der Waals surface area contributed by atoms with Crippen LogP contribution in [-0.2, 0) is 11.2 Å². The van der Waals surface area contributed by atoms with Gasteiger partial charge in [0.2, 0.25) is 0 Å². The Morgan fingerprint density at radius 2 is 2.17 bits per heavy atom. The van der Waals surface area contributed by atoms with Gasteiger partial charge in [-0.15, -0.1) is 0 Å². The topological polar surface area (TPSA) is 70.7 Å². The zero-order chi connectivity index (χ0) is 17.5. The number of carbonyl (C=O) groups is 1. The Hall–Kier alpha value is -1.55. The van der Waals surface area contributed by atoms with Gasteiger partial charge in [0.25, 0.3) is 0 Å². The zero-order valence-electron chi connectivity index (χ0n) is 14.8. The van der Waals surface area contributed by atoms with Gasteiger partial charge >= 0.3 is 5.97 Å². The average molecular weight is 332 g/mol. The third-order valence-corrected chi connectivity index (χ3v) is 7.00. The molecule has 1 aromatic rings. The van der Waals surface area contributed by atoms with Crippen molar-refractivity contribution in [2.45, 2.75) is 59.0 Å². The summed E-state index contributed by atoms with van der Waals surface area (Å²) in [5, 5.41) is 20.0. The normalized spacial score (nSPS) is 39.2. The van der Waals surface area contributed by atoms with Crippen molar-refractivity contribution in [2.24, 2.45) is 22.7 Å². The molecule has 2 N–H and O–H groups in total. The first-order valence-corrected chi connectivity index (χ1v) is 8.92. The first kappa shape index (κ1) is 17.3. The van der Waals surface area contributed by atoms with Gasteiger partial charge < -0.3 is 14.6 Å². The molecule has 5 atom stereocenters. The Balaban J connectivity index is 1.93. The van der Waals surface area contributed by atoms with Crippen molar-refractivity contribution >= 4 is 5.97 Å². The smallest absolute Gasteiger partial charge is 0.331 e. The van der Waals surface area contributed by atoms with Gasteiger partial charge in [-0.2, -0.15) is 0 Å². The van der Waals surface area contributed by atoms with Crippen LogP contribution < -0.4 is 0 Å². The second-order valence-corrected chi connectivity index (χ2v) is 8.24. The minimum absolute atomic E-state index is 0.000208. The summed E-state index contributed by atoms with van der Waals surface area (Å²) in [5.41, 5.74) is 1.23. The Kier molecular flexibility index (Phi) is 4.37. The molecule has 1 aromatic heterocycles. The fourth-order valence-corrected chi connectivity index (χ4v) is 5.22. The molecule has 0 aromatic carbocycles. The predicted molar refractivity (Wildman–Crippen MR) is 91.5 cm³/mol. The first-order valence-electron chi connectivity index (χ1n) is 8.92. The maximum atomic E-state index is 11.8. The SMILES string of the molecule is C[C@@H]1CC[C@@]2(C)C(C(=O)O)=C[C@@H](O)C[C@@H]2[C@@]1(C)CCc1ccoc1. The molecule has 4 nitrogen and oxygen atoms in total. The molecule has 0 radical (unpaired) electrons. The van der Waals surface area contributed by atoms with Crippen LogP contribution in [0.25, 0.3) is 0 Å². The highest BCUT2D eigenvalue weighted by Gasteiger charge is 2.56. The molecule has 1 fully saturated rings. The van der Waals surface area contributed by atoms with Crippen molar-refractivity contribution in [1.29, 1.82) is 0 Å². The second kappa shape index (κ2) is 6.07. The van der Waals surface area contributed by atoms with Gasteiger partial charge in [0.15, 0.2) is 0 Å². The summed E-state index contributed by atoms with van der Waals surface area (Å²) in [5.74, 6) is -0.206. The standard InChI is InChI=1S/C20H28O4/c1-13-4-7-20(3)16(18(22)23)10-15(21)11-17(20)19(13,2)8-5-14-6-9-24-12-14/h6,9-10,12-13,15,17,21H,4-5,7-8,11H2,1-3H3,(H,22,23)/t13-,15-,17-,19+,20+/m1/s1. The van der Waals surface area contributed by atoms with E-state index < -0.39 is 12.1 Å². The van der Waals surface area contributed by atoms with E-state index in [1.54, 1.807) is 18.6 Å². The Morgan fingerprint density at radius 1 is 1.42 bits per heavy atom. The molecule has 24 heavy (non-hydrogen) atoms. The molecule has 2 aliphatic carbocycles. The van der Waals surface area contributed by atoms with Crippen LogP contribution in [0.5, 0.6) is 0 Å². The van der Waals surface area contributed by atoms with Crippen molar-refractivity contribution in [3.8, 4) is 0 Å². The van der Waals surface area contributed by atoms with E-state index in [9.17, 15) is 15.0 Å². The first-order chi connectivity index (χ1) is 11.3. The number of fused-ring (bicyclic) bond motifs is 1. The highest BCUT2D eigenvalue weighted by Crippen LogP contribution is 2.61. The lowest BCUT2D eigenvalue weighted by atomic mass is 9.46. The number of aliphatic carboxylic acids is 1. The molecule has 0 bridgehead atoms. The summed E-state index contributed by atoms with van der Waals surface area (Å²) in [7, 11) is 0. The highest BCUT2D eigenvalue weighted by molar-refractivity contribution is 5.88. The number of hydrogen-bond donors (Lipinski definition) is 2. The van der Waals surface area contributed by atoms with Crippen molar-refractivity contribution in [1.82, 2.24) is 0 Å². The van der Waals surface area contributed by atoms with Crippen LogP contribution in [0.15, 0.2) is 34.7 Å². The molecule has 0 unspecified atom stereocenters. The molecule has 0 saturated heterocycles. The van der Waals surface area contributed by atoms with E-state index in [1.165, 1.54) is 5.56 Å². The fraction of sp³-hybridized carbons (Fsp3) is 0.650. The number of furan rings is 1. The lowest BCUT2D eigenvalue weighted by Gasteiger charge is -2.58. The van der Waals surface area contributed by atoms with Crippen molar-refractivity contribution < 1.29 is 19.4 Å². The van der Waals surface area contributed by atoms with Crippen LogP contribution in [0.1, 0.15) is 52.0 Å². The minimum atomic E-state index is -0.881. The Morgan fingerprint density at radius 3 is 2.79 bits per heavy atom. The summed E-state index contributed by atoms with van der Waals surface area (Å²) in [6.07, 6.45) is 8.86. The number of hydrogen-bond acceptors (Lipinski definition) is 3. The Labute approximate surface area is 143 Å². The highest BCUT2D eigenvalue weighted by atomic mass is 16.4. The number of aliphatic hydroxyl groups is 1. The number of rotatable bonds is 4. The Bertz CT molecular complexity index is 632. The molecule has 1 heterocycles. The average Bonchev–Trinajstić information content (AvgIpc) is 3.04. The van der Waals surface area contributed by atoms with Crippen molar-refractivity contribution in [3.05, 3.63) is 35.8 Å². The minimum Gasteiger partial charge on any atom is -0.478 e. The fourth-order valence-electron chi connectivity index (χ4n) is 5.22. The molecule has 2 aliphatic rings. The molecule has 132 valence electrons. The lowest BCUT2D eigenvalue weighted by Crippen LogP contribution is -2.53. The quantitative estimate of drug-likeness (QED) is 0.873. The molecule has 4 heteroatoms. The number of carboxylic acids is 1. The van der Waals surface area contributed by atoms with Crippen LogP contribution in [0.2, 0.25) is 0 Å². The third kappa shape index (κ3) is 2.71. The number of aryl methyl sites for hydroxylation is 1. The maximum absolute atomic E-state index is 11.8. The van der Waals surface area contributed by atoms with E-state index in [0.29, 0.717) is 17.9 Å². The summed E-state index contributed by atoms with van der Waals surface area (Å²) < 4.78 is 5.18. The van der Waals surface area contributed by atoms with Crippen LogP contribution in [-0.4, -0.2) is 22.3 Å². The molecule has 3 rings (SSSR count). The molecule has 0 aliphatic heterocycles. The van der Waals surface area contributed by atoms with Crippen molar-refractivity contribution in [3.63, 3.8) is 0 Å². The molecule has 0 amide bonds. The van der Waals surface area contributed by atoms with Gasteiger partial charge in [-0.1, -0.05) is 20.8 Å². The number of carboxylic acid groups (broad SMARTS) is 1. The van der Waals surface area contributed by atoms with Crippen LogP contribution in [0.4, 0.5) is 0 Å². The molecular weight excluding hydrogens is 304 g/mol.